The van der Waals surface area contributed by atoms with Crippen LogP contribution in [-0.4, -0.2) is 56.0 Å². The van der Waals surface area contributed by atoms with Crippen LogP contribution in [0.5, 0.6) is 0 Å². The van der Waals surface area contributed by atoms with Crippen molar-refractivity contribution >= 4 is 6.21 Å². The third kappa shape index (κ3) is 2.27. The molecule has 4 heteroatoms. The van der Waals surface area contributed by atoms with Crippen molar-refractivity contribution in [2.45, 2.75) is 19.1 Å². The molecule has 0 aliphatic carbocycles. The zero-order valence-electron chi connectivity index (χ0n) is 8.24. The highest BCUT2D eigenvalue weighted by molar-refractivity contribution is 5.65. The first-order valence-electron chi connectivity index (χ1n) is 5.17. The summed E-state index contributed by atoms with van der Waals surface area (Å²) in [5, 5.41) is 5.68. The number of nitrogens with one attached hydrogen (secondary N) is 1. The number of aliphatic imine (C=N–C) groups is 1. The summed E-state index contributed by atoms with van der Waals surface area (Å²) in [6.07, 6.45) is 2.56. The number of rotatable bonds is 1. The molecule has 0 aromatic rings. The van der Waals surface area contributed by atoms with E-state index >= 15 is 0 Å². The van der Waals surface area contributed by atoms with Crippen LogP contribution in [0.4, 0.5) is 0 Å². The number of hydrogen-bond acceptors (Lipinski definition) is 3. The molecule has 13 heavy (non-hydrogen) atoms. The predicted octanol–water partition coefficient (Wildman–Crippen LogP) is -1.75. The average molecular weight is 183 g/mol. The largest absolute Gasteiger partial charge is 0.324 e. The lowest BCUT2D eigenvalue weighted by Crippen LogP contribution is -2.93. The molecule has 0 spiro atoms. The summed E-state index contributed by atoms with van der Waals surface area (Å²) in [4.78, 5) is 6.96. The standard InChI is InChI=1S/C9H18N4/c1-8-11-6-9(7-12-8)13-4-2-10-3-5-13/h6,8-10,12H,2-5,7H2,1H3/p+1/t8-,9-/m1/s1. The number of nitrogens with two attached hydrogens (primary N) is 1. The molecule has 4 nitrogen and oxygen atoms in total. The van der Waals surface area contributed by atoms with Gasteiger partial charge in [0, 0.05) is 39.3 Å². The molecule has 1 saturated heterocycles. The van der Waals surface area contributed by atoms with E-state index in [0.29, 0.717) is 12.2 Å². The van der Waals surface area contributed by atoms with Crippen LogP contribution in [0, 0.1) is 0 Å². The minimum atomic E-state index is 0.430. The van der Waals surface area contributed by atoms with E-state index in [9.17, 15) is 0 Å². The van der Waals surface area contributed by atoms with Crippen LogP contribution in [0.15, 0.2) is 4.99 Å². The molecule has 2 atom stereocenters. The number of piperazine rings is 1. The Kier molecular flexibility index (Phi) is 2.93. The predicted molar refractivity (Wildman–Crippen MR) is 53.0 cm³/mol. The van der Waals surface area contributed by atoms with Gasteiger partial charge >= 0.3 is 0 Å². The van der Waals surface area contributed by atoms with E-state index in [4.69, 9.17) is 0 Å². The Bertz CT molecular complexity index is 186. The van der Waals surface area contributed by atoms with Gasteiger partial charge < -0.3 is 10.6 Å². The van der Waals surface area contributed by atoms with Crippen LogP contribution in [0.2, 0.25) is 0 Å². The second-order valence-electron chi connectivity index (χ2n) is 3.86. The molecule has 74 valence electrons. The minimum absolute atomic E-state index is 0.430. The fourth-order valence-corrected chi connectivity index (χ4v) is 1.95. The van der Waals surface area contributed by atoms with Crippen molar-refractivity contribution in [3.05, 3.63) is 0 Å². The summed E-state index contributed by atoms with van der Waals surface area (Å²) >= 11 is 0. The maximum Gasteiger partial charge on any atom is 0.176 e. The smallest absolute Gasteiger partial charge is 0.176 e. The first-order chi connectivity index (χ1) is 6.36. The van der Waals surface area contributed by atoms with Gasteiger partial charge in [0.15, 0.2) is 6.17 Å². The van der Waals surface area contributed by atoms with Crippen molar-refractivity contribution in [3.63, 3.8) is 0 Å². The van der Waals surface area contributed by atoms with Crippen molar-refractivity contribution < 1.29 is 5.32 Å². The summed E-state index contributed by atoms with van der Waals surface area (Å²) in [5.74, 6) is 0. The van der Waals surface area contributed by atoms with Gasteiger partial charge in [0.1, 0.15) is 0 Å². The van der Waals surface area contributed by atoms with E-state index in [2.05, 4.69) is 33.7 Å². The molecule has 3 N–H and O–H groups in total. The Morgan fingerprint density at radius 1 is 1.46 bits per heavy atom. The van der Waals surface area contributed by atoms with Gasteiger partial charge in [-0.1, -0.05) is 0 Å². The fourth-order valence-electron chi connectivity index (χ4n) is 1.95. The molecule has 0 aromatic carbocycles. The molecule has 2 aliphatic rings. The molecule has 2 heterocycles. The van der Waals surface area contributed by atoms with Gasteiger partial charge in [-0.05, 0) is 0 Å². The van der Waals surface area contributed by atoms with E-state index in [1.54, 1.807) is 0 Å². The monoisotopic (exact) mass is 183 g/mol. The van der Waals surface area contributed by atoms with E-state index < -0.39 is 0 Å². The van der Waals surface area contributed by atoms with Crippen LogP contribution >= 0.6 is 0 Å². The molecule has 0 unspecified atom stereocenters. The van der Waals surface area contributed by atoms with Crippen LogP contribution in [0.25, 0.3) is 0 Å². The lowest BCUT2D eigenvalue weighted by molar-refractivity contribution is -0.689. The quantitative estimate of drug-likeness (QED) is 0.506. The van der Waals surface area contributed by atoms with Gasteiger partial charge in [-0.15, -0.1) is 0 Å². The summed E-state index contributed by atoms with van der Waals surface area (Å²) in [7, 11) is 0. The molecule has 0 saturated carbocycles. The van der Waals surface area contributed by atoms with Crippen molar-refractivity contribution in [1.29, 1.82) is 0 Å². The van der Waals surface area contributed by atoms with E-state index in [1.165, 1.54) is 19.6 Å². The van der Waals surface area contributed by atoms with E-state index in [0.717, 1.165) is 13.1 Å². The van der Waals surface area contributed by atoms with E-state index in [-0.39, 0.29) is 0 Å². The molecule has 0 bridgehead atoms. The molecular formula is C9H19N4+. The Morgan fingerprint density at radius 2 is 2.23 bits per heavy atom. The highest BCUT2D eigenvalue weighted by Gasteiger charge is 2.23. The second kappa shape index (κ2) is 4.17. The van der Waals surface area contributed by atoms with E-state index in [1.807, 2.05) is 0 Å². The zero-order chi connectivity index (χ0) is 9.10. The van der Waals surface area contributed by atoms with Crippen LogP contribution in [0.3, 0.4) is 0 Å². The van der Waals surface area contributed by atoms with Crippen molar-refractivity contribution in [1.82, 2.24) is 10.2 Å². The fraction of sp³-hybridized carbons (Fsp3) is 0.889. The minimum Gasteiger partial charge on any atom is -0.324 e. The average Bonchev–Trinajstić information content (AvgIpc) is 2.20. The topological polar surface area (TPSA) is 44.2 Å². The third-order valence-corrected chi connectivity index (χ3v) is 2.83. The molecule has 2 aliphatic heterocycles. The van der Waals surface area contributed by atoms with Gasteiger partial charge in [0.05, 0.1) is 12.6 Å². The summed E-state index contributed by atoms with van der Waals surface area (Å²) < 4.78 is 0. The molecule has 0 radical (unpaired) electrons. The SMILES string of the molecule is C[C@@H]1N=C[C@@H](N2CCNCC2)C[NH2+]1. The normalized spacial score (nSPS) is 36.4. The van der Waals surface area contributed by atoms with Gasteiger partial charge in [0.25, 0.3) is 0 Å². The first kappa shape index (κ1) is 9.12. The number of nitrogens with zero attached hydrogens (tertiary/aromatic N) is 2. The summed E-state index contributed by atoms with van der Waals surface area (Å²) in [5.41, 5.74) is 0. The van der Waals surface area contributed by atoms with Crippen LogP contribution in [-0.2, 0) is 0 Å². The van der Waals surface area contributed by atoms with Gasteiger partial charge in [-0.25, -0.2) is 4.99 Å². The Balaban J connectivity index is 1.89. The summed E-state index contributed by atoms with van der Waals surface area (Å²) in [6.45, 7) is 7.90. The maximum absolute atomic E-state index is 4.44. The second-order valence-corrected chi connectivity index (χ2v) is 3.86. The lowest BCUT2D eigenvalue weighted by Gasteiger charge is -2.33. The summed E-state index contributed by atoms with van der Waals surface area (Å²) in [6, 6.07) is 0.568. The van der Waals surface area contributed by atoms with Crippen LogP contribution < -0.4 is 10.6 Å². The third-order valence-electron chi connectivity index (χ3n) is 2.83. The maximum atomic E-state index is 4.44. The highest BCUT2D eigenvalue weighted by Crippen LogP contribution is 2.00. The Morgan fingerprint density at radius 3 is 2.85 bits per heavy atom. The highest BCUT2D eigenvalue weighted by atomic mass is 15.2. The molecule has 0 aromatic heterocycles. The van der Waals surface area contributed by atoms with Crippen LogP contribution in [0.1, 0.15) is 6.92 Å². The lowest BCUT2D eigenvalue weighted by atomic mass is 10.2. The van der Waals surface area contributed by atoms with Gasteiger partial charge in [-0.3, -0.25) is 4.90 Å². The number of hydrogen-bond donors (Lipinski definition) is 2. The van der Waals surface area contributed by atoms with Crippen molar-refractivity contribution in [2.24, 2.45) is 4.99 Å². The first-order valence-corrected chi connectivity index (χ1v) is 5.17. The molecule has 2 rings (SSSR count). The van der Waals surface area contributed by atoms with Crippen molar-refractivity contribution in [3.8, 4) is 0 Å². The molecule has 1 fully saturated rings. The molecular weight excluding hydrogens is 164 g/mol. The number of quaternary nitrogens is 1. The molecule has 0 amide bonds. The van der Waals surface area contributed by atoms with Gasteiger partial charge in [0.2, 0.25) is 0 Å². The zero-order valence-corrected chi connectivity index (χ0v) is 8.24. The van der Waals surface area contributed by atoms with Crippen molar-refractivity contribution in [2.75, 3.05) is 32.7 Å². The van der Waals surface area contributed by atoms with Gasteiger partial charge in [-0.2, -0.15) is 0 Å². The Labute approximate surface area is 79.4 Å². The Hall–Kier alpha value is -0.450.